The van der Waals surface area contributed by atoms with Crippen molar-refractivity contribution in [3.05, 3.63) is 17.7 Å². The normalized spacial score (nSPS) is 17.5. The zero-order valence-corrected chi connectivity index (χ0v) is 12.2. The van der Waals surface area contributed by atoms with Gasteiger partial charge in [-0.05, 0) is 30.9 Å². The Morgan fingerprint density at radius 2 is 2.10 bits per heavy atom. The Morgan fingerprint density at radius 3 is 2.70 bits per heavy atom. The van der Waals surface area contributed by atoms with Crippen molar-refractivity contribution >= 4 is 23.3 Å². The summed E-state index contributed by atoms with van der Waals surface area (Å²) in [4.78, 5) is 19.8. The fourth-order valence-electron chi connectivity index (χ4n) is 2.38. The van der Waals surface area contributed by atoms with Crippen molar-refractivity contribution in [3.63, 3.8) is 0 Å². The molecule has 1 aromatic rings. The van der Waals surface area contributed by atoms with Crippen LogP contribution in [0.25, 0.3) is 0 Å². The highest BCUT2D eigenvalue weighted by Gasteiger charge is 2.40. The van der Waals surface area contributed by atoms with Gasteiger partial charge in [0, 0.05) is 19.8 Å². The van der Waals surface area contributed by atoms with Gasteiger partial charge in [0.05, 0.1) is 30.6 Å². The van der Waals surface area contributed by atoms with E-state index >= 15 is 0 Å². The first-order chi connectivity index (χ1) is 9.66. The summed E-state index contributed by atoms with van der Waals surface area (Å²) in [5.74, 6) is -0.157. The van der Waals surface area contributed by atoms with E-state index < -0.39 is 5.41 Å². The molecule has 0 aliphatic carbocycles. The van der Waals surface area contributed by atoms with E-state index in [1.807, 2.05) is 0 Å². The highest BCUT2D eigenvalue weighted by molar-refractivity contribution is 6.28. The minimum Gasteiger partial charge on any atom is -0.469 e. The molecule has 0 bridgehead atoms. The third-order valence-corrected chi connectivity index (χ3v) is 3.82. The molecule has 1 aliphatic heterocycles. The molecule has 2 rings (SSSR count). The summed E-state index contributed by atoms with van der Waals surface area (Å²) in [5, 5.41) is 3.40. The van der Waals surface area contributed by atoms with Crippen LogP contribution in [-0.2, 0) is 14.3 Å². The van der Waals surface area contributed by atoms with Crippen LogP contribution in [0.5, 0.6) is 0 Å². The number of anilines is 1. The minimum absolute atomic E-state index is 0.157. The van der Waals surface area contributed by atoms with Crippen LogP contribution in [0.1, 0.15) is 19.3 Å². The number of hydrogen-bond donors (Lipinski definition) is 1. The fraction of sp³-hybridized carbons (Fsp3) is 0.615. The van der Waals surface area contributed by atoms with Crippen LogP contribution >= 0.6 is 11.6 Å². The number of methoxy groups -OCH3 is 1. The number of halogens is 1. The molecule has 7 heteroatoms. The largest absolute Gasteiger partial charge is 0.469 e. The molecule has 6 nitrogen and oxygen atoms in total. The van der Waals surface area contributed by atoms with Gasteiger partial charge in [0.2, 0.25) is 5.28 Å². The first-order valence-electron chi connectivity index (χ1n) is 6.54. The zero-order chi connectivity index (χ0) is 14.4. The first kappa shape index (κ1) is 15.0. The monoisotopic (exact) mass is 299 g/mol. The fourth-order valence-corrected chi connectivity index (χ4v) is 2.48. The van der Waals surface area contributed by atoms with Gasteiger partial charge in [-0.1, -0.05) is 0 Å². The quantitative estimate of drug-likeness (QED) is 0.661. The lowest BCUT2D eigenvalue weighted by Crippen LogP contribution is -2.39. The van der Waals surface area contributed by atoms with Crippen LogP contribution in [-0.4, -0.2) is 42.8 Å². The molecule has 0 amide bonds. The molecule has 0 unspecified atom stereocenters. The van der Waals surface area contributed by atoms with E-state index in [2.05, 4.69) is 15.3 Å². The molecule has 2 heterocycles. The topological polar surface area (TPSA) is 73.3 Å². The maximum absolute atomic E-state index is 12.0. The maximum Gasteiger partial charge on any atom is 0.312 e. The van der Waals surface area contributed by atoms with Gasteiger partial charge in [0.1, 0.15) is 0 Å². The van der Waals surface area contributed by atoms with E-state index in [0.29, 0.717) is 39.0 Å². The van der Waals surface area contributed by atoms with Crippen LogP contribution in [0.15, 0.2) is 12.4 Å². The zero-order valence-electron chi connectivity index (χ0n) is 11.4. The Kier molecular flexibility index (Phi) is 5.14. The number of ether oxygens (including phenoxy) is 2. The molecule has 0 aromatic carbocycles. The molecule has 0 saturated carbocycles. The maximum atomic E-state index is 12.0. The van der Waals surface area contributed by atoms with Crippen molar-refractivity contribution in [1.29, 1.82) is 0 Å². The number of hydrogen-bond acceptors (Lipinski definition) is 6. The van der Waals surface area contributed by atoms with Crippen LogP contribution in [0.2, 0.25) is 5.28 Å². The second kappa shape index (κ2) is 6.85. The first-order valence-corrected chi connectivity index (χ1v) is 6.92. The van der Waals surface area contributed by atoms with Crippen molar-refractivity contribution in [2.24, 2.45) is 5.41 Å². The summed E-state index contributed by atoms with van der Waals surface area (Å²) in [6.07, 6.45) is 5.30. The van der Waals surface area contributed by atoms with E-state index in [1.165, 1.54) is 7.11 Å². The molecular weight excluding hydrogens is 282 g/mol. The lowest BCUT2D eigenvalue weighted by molar-refractivity contribution is -0.159. The Balaban J connectivity index is 1.92. The van der Waals surface area contributed by atoms with Gasteiger partial charge in [-0.15, -0.1) is 0 Å². The summed E-state index contributed by atoms with van der Waals surface area (Å²) in [7, 11) is 1.43. The van der Waals surface area contributed by atoms with Gasteiger partial charge < -0.3 is 14.8 Å². The van der Waals surface area contributed by atoms with Crippen LogP contribution in [0, 0.1) is 5.41 Å². The molecule has 0 radical (unpaired) electrons. The highest BCUT2D eigenvalue weighted by atomic mass is 35.5. The number of carbonyl (C=O) groups is 1. The highest BCUT2D eigenvalue weighted by Crippen LogP contribution is 2.35. The van der Waals surface area contributed by atoms with Crippen molar-refractivity contribution in [2.75, 3.05) is 32.2 Å². The van der Waals surface area contributed by atoms with Gasteiger partial charge in [-0.3, -0.25) is 4.79 Å². The number of aromatic nitrogens is 2. The smallest absolute Gasteiger partial charge is 0.312 e. The predicted molar refractivity (Wildman–Crippen MR) is 74.7 cm³/mol. The second-order valence-corrected chi connectivity index (χ2v) is 5.14. The predicted octanol–water partition coefficient (Wildman–Crippen LogP) is 1.90. The molecule has 20 heavy (non-hydrogen) atoms. The summed E-state index contributed by atoms with van der Waals surface area (Å²) < 4.78 is 10.3. The number of rotatable bonds is 5. The second-order valence-electron chi connectivity index (χ2n) is 4.80. The SMILES string of the molecule is COC(=O)C1(CCNc2cnc(Cl)nc2)CCOCC1. The molecule has 1 N–H and O–H groups in total. The molecule has 0 spiro atoms. The van der Waals surface area contributed by atoms with Crippen molar-refractivity contribution in [1.82, 2.24) is 9.97 Å². The molecule has 1 saturated heterocycles. The molecule has 1 aromatic heterocycles. The lowest BCUT2D eigenvalue weighted by Gasteiger charge is -2.34. The van der Waals surface area contributed by atoms with E-state index in [1.54, 1.807) is 12.4 Å². The molecular formula is C13H18ClN3O3. The van der Waals surface area contributed by atoms with Gasteiger partial charge in [0.15, 0.2) is 0 Å². The number of nitrogens with zero attached hydrogens (tertiary/aromatic N) is 2. The van der Waals surface area contributed by atoms with Crippen molar-refractivity contribution in [3.8, 4) is 0 Å². The molecule has 110 valence electrons. The number of nitrogens with one attached hydrogen (secondary N) is 1. The summed E-state index contributed by atoms with van der Waals surface area (Å²) in [6, 6.07) is 0. The van der Waals surface area contributed by atoms with Crippen LogP contribution in [0.4, 0.5) is 5.69 Å². The average molecular weight is 300 g/mol. The van der Waals surface area contributed by atoms with Crippen LogP contribution < -0.4 is 5.32 Å². The van der Waals surface area contributed by atoms with Crippen molar-refractivity contribution in [2.45, 2.75) is 19.3 Å². The number of esters is 1. The number of carbonyl (C=O) groups excluding carboxylic acids is 1. The molecule has 1 aliphatic rings. The van der Waals surface area contributed by atoms with Gasteiger partial charge in [-0.25, -0.2) is 9.97 Å². The third kappa shape index (κ3) is 3.58. The van der Waals surface area contributed by atoms with E-state index in [9.17, 15) is 4.79 Å². The van der Waals surface area contributed by atoms with Crippen molar-refractivity contribution < 1.29 is 14.3 Å². The lowest BCUT2D eigenvalue weighted by atomic mass is 9.77. The van der Waals surface area contributed by atoms with E-state index in [4.69, 9.17) is 21.1 Å². The summed E-state index contributed by atoms with van der Waals surface area (Å²) in [5.41, 5.74) is 0.328. The van der Waals surface area contributed by atoms with E-state index in [-0.39, 0.29) is 11.3 Å². The van der Waals surface area contributed by atoms with Gasteiger partial charge in [0.25, 0.3) is 0 Å². The van der Waals surface area contributed by atoms with Gasteiger partial charge in [-0.2, -0.15) is 0 Å². The minimum atomic E-state index is -0.451. The average Bonchev–Trinajstić information content (AvgIpc) is 2.49. The third-order valence-electron chi connectivity index (χ3n) is 3.62. The summed E-state index contributed by atoms with van der Waals surface area (Å²) in [6.45, 7) is 1.83. The molecule has 1 fully saturated rings. The standard InChI is InChI=1S/C13H18ClN3O3/c1-19-11(18)13(3-6-20-7-4-13)2-5-15-10-8-16-12(14)17-9-10/h8-9,15H,2-7H2,1H3. The Labute approximate surface area is 122 Å². The molecule has 0 atom stereocenters. The Morgan fingerprint density at radius 1 is 1.45 bits per heavy atom. The Hall–Kier alpha value is -1.40. The Bertz CT molecular complexity index is 447. The van der Waals surface area contributed by atoms with E-state index in [0.717, 1.165) is 5.69 Å². The van der Waals surface area contributed by atoms with Gasteiger partial charge >= 0.3 is 5.97 Å². The summed E-state index contributed by atoms with van der Waals surface area (Å²) >= 11 is 5.62. The van der Waals surface area contributed by atoms with Crippen LogP contribution in [0.3, 0.4) is 0 Å².